The standard InChI is InChI=1S/C13H22N2O3/c1-4-13(3)12(17)15(10-5-6-18-8-10)9(2)7-11(16)14-13/h9-10H,4-8H2,1-3H3,(H,14,16). The average Bonchev–Trinajstić information content (AvgIpc) is 2.79. The van der Waals surface area contributed by atoms with Crippen LogP contribution >= 0.6 is 0 Å². The second-order valence-electron chi connectivity index (χ2n) is 5.52. The maximum absolute atomic E-state index is 12.7. The normalized spacial score (nSPS) is 37.6. The lowest BCUT2D eigenvalue weighted by Gasteiger charge is -2.37. The van der Waals surface area contributed by atoms with E-state index in [-0.39, 0.29) is 23.9 Å². The van der Waals surface area contributed by atoms with Gasteiger partial charge in [-0.05, 0) is 26.7 Å². The molecule has 18 heavy (non-hydrogen) atoms. The summed E-state index contributed by atoms with van der Waals surface area (Å²) in [6.07, 6.45) is 1.84. The topological polar surface area (TPSA) is 58.6 Å². The Hall–Kier alpha value is -1.10. The minimum absolute atomic E-state index is 0.0267. The van der Waals surface area contributed by atoms with E-state index in [1.165, 1.54) is 0 Å². The summed E-state index contributed by atoms with van der Waals surface area (Å²) in [7, 11) is 0. The van der Waals surface area contributed by atoms with Gasteiger partial charge in [0, 0.05) is 19.1 Å². The Kier molecular flexibility index (Phi) is 3.61. The van der Waals surface area contributed by atoms with Crippen molar-refractivity contribution in [1.82, 2.24) is 10.2 Å². The monoisotopic (exact) mass is 254 g/mol. The maximum Gasteiger partial charge on any atom is 0.248 e. The lowest BCUT2D eigenvalue weighted by Crippen LogP contribution is -2.57. The van der Waals surface area contributed by atoms with Gasteiger partial charge >= 0.3 is 0 Å². The van der Waals surface area contributed by atoms with Crippen LogP contribution in [0.2, 0.25) is 0 Å². The molecule has 0 aromatic carbocycles. The zero-order valence-electron chi connectivity index (χ0n) is 11.4. The van der Waals surface area contributed by atoms with Gasteiger partial charge in [0.2, 0.25) is 11.8 Å². The van der Waals surface area contributed by atoms with E-state index in [9.17, 15) is 9.59 Å². The van der Waals surface area contributed by atoms with Crippen molar-refractivity contribution >= 4 is 11.8 Å². The summed E-state index contributed by atoms with van der Waals surface area (Å²) in [6.45, 7) is 6.97. The largest absolute Gasteiger partial charge is 0.379 e. The Bertz CT molecular complexity index is 352. The molecule has 5 heteroatoms. The highest BCUT2D eigenvalue weighted by molar-refractivity contribution is 5.93. The molecule has 5 nitrogen and oxygen atoms in total. The third kappa shape index (κ3) is 2.23. The number of nitrogens with one attached hydrogen (secondary N) is 1. The van der Waals surface area contributed by atoms with Gasteiger partial charge in [0.05, 0.1) is 12.6 Å². The van der Waals surface area contributed by atoms with Gasteiger partial charge in [-0.25, -0.2) is 0 Å². The van der Waals surface area contributed by atoms with Crippen LogP contribution in [0.25, 0.3) is 0 Å². The van der Waals surface area contributed by atoms with Gasteiger partial charge in [0.1, 0.15) is 5.54 Å². The van der Waals surface area contributed by atoms with Crippen LogP contribution in [-0.4, -0.2) is 47.6 Å². The number of hydrogen-bond donors (Lipinski definition) is 1. The first-order valence-corrected chi connectivity index (χ1v) is 6.69. The van der Waals surface area contributed by atoms with Crippen molar-refractivity contribution in [2.75, 3.05) is 13.2 Å². The smallest absolute Gasteiger partial charge is 0.248 e. The molecule has 2 aliphatic rings. The quantitative estimate of drug-likeness (QED) is 0.788. The average molecular weight is 254 g/mol. The predicted molar refractivity (Wildman–Crippen MR) is 67.0 cm³/mol. The van der Waals surface area contributed by atoms with E-state index in [0.717, 1.165) is 6.42 Å². The summed E-state index contributed by atoms with van der Waals surface area (Å²) in [4.78, 5) is 26.4. The minimum atomic E-state index is -0.773. The van der Waals surface area contributed by atoms with E-state index >= 15 is 0 Å². The van der Waals surface area contributed by atoms with Crippen LogP contribution in [0.4, 0.5) is 0 Å². The van der Waals surface area contributed by atoms with Gasteiger partial charge in [-0.2, -0.15) is 0 Å². The van der Waals surface area contributed by atoms with Crippen molar-refractivity contribution < 1.29 is 14.3 Å². The summed E-state index contributed by atoms with van der Waals surface area (Å²) in [5.74, 6) is -0.0135. The second kappa shape index (κ2) is 4.88. The molecule has 0 saturated carbocycles. The Morgan fingerprint density at radius 2 is 2.22 bits per heavy atom. The fourth-order valence-electron chi connectivity index (χ4n) is 2.77. The summed E-state index contributed by atoms with van der Waals surface area (Å²) in [6, 6.07) is 0.0589. The molecule has 2 heterocycles. The Morgan fingerprint density at radius 3 is 2.78 bits per heavy atom. The third-order valence-electron chi connectivity index (χ3n) is 4.08. The Labute approximate surface area is 108 Å². The summed E-state index contributed by atoms with van der Waals surface area (Å²) < 4.78 is 5.38. The van der Waals surface area contributed by atoms with Gasteiger partial charge < -0.3 is 15.0 Å². The zero-order chi connectivity index (χ0) is 13.3. The number of ether oxygens (including phenoxy) is 1. The first-order chi connectivity index (χ1) is 8.48. The highest BCUT2D eigenvalue weighted by atomic mass is 16.5. The molecule has 1 N–H and O–H groups in total. The van der Waals surface area contributed by atoms with Crippen LogP contribution in [0, 0.1) is 0 Å². The number of rotatable bonds is 2. The van der Waals surface area contributed by atoms with Gasteiger partial charge in [-0.3, -0.25) is 9.59 Å². The zero-order valence-corrected chi connectivity index (χ0v) is 11.4. The number of carbonyl (C=O) groups excluding carboxylic acids is 2. The van der Waals surface area contributed by atoms with E-state index in [1.54, 1.807) is 0 Å². The van der Waals surface area contributed by atoms with Crippen LogP contribution in [0.5, 0.6) is 0 Å². The molecule has 0 spiro atoms. The summed E-state index contributed by atoms with van der Waals surface area (Å²) >= 11 is 0. The lowest BCUT2D eigenvalue weighted by molar-refractivity contribution is -0.142. The summed E-state index contributed by atoms with van der Waals surface area (Å²) in [5, 5.41) is 2.87. The van der Waals surface area contributed by atoms with E-state index in [4.69, 9.17) is 4.74 Å². The molecule has 0 radical (unpaired) electrons. The molecular formula is C13H22N2O3. The van der Waals surface area contributed by atoms with Crippen LogP contribution in [0.1, 0.15) is 40.0 Å². The van der Waals surface area contributed by atoms with Gasteiger partial charge in [0.15, 0.2) is 0 Å². The van der Waals surface area contributed by atoms with Crippen molar-refractivity contribution in [3.63, 3.8) is 0 Å². The molecular weight excluding hydrogens is 232 g/mol. The van der Waals surface area contributed by atoms with E-state index < -0.39 is 5.54 Å². The van der Waals surface area contributed by atoms with Crippen LogP contribution in [-0.2, 0) is 14.3 Å². The van der Waals surface area contributed by atoms with Crippen LogP contribution < -0.4 is 5.32 Å². The molecule has 2 amide bonds. The van der Waals surface area contributed by atoms with Crippen molar-refractivity contribution in [3.8, 4) is 0 Å². The molecule has 3 atom stereocenters. The molecule has 0 aliphatic carbocycles. The molecule has 2 saturated heterocycles. The third-order valence-corrected chi connectivity index (χ3v) is 4.08. The van der Waals surface area contributed by atoms with Gasteiger partial charge in [0.25, 0.3) is 0 Å². The Balaban J connectivity index is 2.29. The molecule has 0 bridgehead atoms. The number of hydrogen-bond acceptors (Lipinski definition) is 3. The van der Waals surface area contributed by atoms with Gasteiger partial charge in [-0.15, -0.1) is 0 Å². The number of carbonyl (C=O) groups is 2. The Morgan fingerprint density at radius 1 is 1.50 bits per heavy atom. The second-order valence-corrected chi connectivity index (χ2v) is 5.52. The molecule has 2 rings (SSSR count). The SMILES string of the molecule is CCC1(C)NC(=O)CC(C)N(C2CCOC2)C1=O. The highest BCUT2D eigenvalue weighted by Gasteiger charge is 2.44. The van der Waals surface area contributed by atoms with Crippen molar-refractivity contribution in [3.05, 3.63) is 0 Å². The lowest BCUT2D eigenvalue weighted by atomic mass is 9.96. The minimum Gasteiger partial charge on any atom is -0.379 e. The molecule has 2 aliphatic heterocycles. The van der Waals surface area contributed by atoms with Crippen molar-refractivity contribution in [1.29, 1.82) is 0 Å². The van der Waals surface area contributed by atoms with Crippen molar-refractivity contribution in [2.45, 2.75) is 57.7 Å². The molecule has 0 aromatic rings. The summed E-state index contributed by atoms with van der Waals surface area (Å²) in [5.41, 5.74) is -0.773. The highest BCUT2D eigenvalue weighted by Crippen LogP contribution is 2.26. The molecule has 2 fully saturated rings. The molecule has 102 valence electrons. The first kappa shape index (κ1) is 13.3. The van der Waals surface area contributed by atoms with Crippen LogP contribution in [0.3, 0.4) is 0 Å². The fourth-order valence-corrected chi connectivity index (χ4v) is 2.77. The predicted octanol–water partition coefficient (Wildman–Crippen LogP) is 0.681. The van der Waals surface area contributed by atoms with E-state index in [1.807, 2.05) is 25.7 Å². The van der Waals surface area contributed by atoms with E-state index in [2.05, 4.69) is 5.32 Å². The first-order valence-electron chi connectivity index (χ1n) is 6.69. The fraction of sp³-hybridized carbons (Fsp3) is 0.846. The number of nitrogens with zero attached hydrogens (tertiary/aromatic N) is 1. The molecule has 0 aromatic heterocycles. The number of amides is 2. The van der Waals surface area contributed by atoms with E-state index in [0.29, 0.717) is 26.1 Å². The maximum atomic E-state index is 12.7. The van der Waals surface area contributed by atoms with Crippen molar-refractivity contribution in [2.24, 2.45) is 0 Å². The van der Waals surface area contributed by atoms with Crippen LogP contribution in [0.15, 0.2) is 0 Å². The van der Waals surface area contributed by atoms with Gasteiger partial charge in [-0.1, -0.05) is 6.92 Å². The molecule has 3 unspecified atom stereocenters.